The van der Waals surface area contributed by atoms with Gasteiger partial charge in [-0.15, -0.1) is 0 Å². The van der Waals surface area contributed by atoms with E-state index in [-0.39, 0.29) is 95.7 Å². The van der Waals surface area contributed by atoms with Crippen molar-refractivity contribution in [1.82, 2.24) is 35.7 Å². The molecule has 75 heavy (non-hydrogen) atoms. The van der Waals surface area contributed by atoms with Gasteiger partial charge in [-0.1, -0.05) is 29.8 Å². The Labute approximate surface area is 441 Å². The van der Waals surface area contributed by atoms with Gasteiger partial charge in [0.25, 0.3) is 17.7 Å². The van der Waals surface area contributed by atoms with Gasteiger partial charge in [0.1, 0.15) is 22.6 Å². The molecule has 2 saturated heterocycles. The molecule has 7 rings (SSSR count). The highest BCUT2D eigenvalue weighted by atomic mass is 35.5. The number of carbonyl (C=O) groups is 6. The third-order valence-corrected chi connectivity index (χ3v) is 15.3. The molecule has 0 saturated carbocycles. The Morgan fingerprint density at radius 1 is 0.840 bits per heavy atom. The molecule has 4 heterocycles. The van der Waals surface area contributed by atoms with Crippen LogP contribution in [0.3, 0.4) is 0 Å². The number of imide groups is 2. The van der Waals surface area contributed by atoms with Crippen molar-refractivity contribution in [2.75, 3.05) is 76.4 Å². The van der Waals surface area contributed by atoms with Crippen LogP contribution in [0.5, 0.6) is 11.5 Å². The number of aryl methyl sites for hydroxylation is 1. The van der Waals surface area contributed by atoms with Crippen LogP contribution in [0.25, 0.3) is 0 Å². The van der Waals surface area contributed by atoms with Gasteiger partial charge in [-0.3, -0.25) is 39.0 Å². The van der Waals surface area contributed by atoms with Gasteiger partial charge in [-0.05, 0) is 120 Å². The van der Waals surface area contributed by atoms with Crippen molar-refractivity contribution < 1.29 is 56.1 Å². The fourth-order valence-electron chi connectivity index (χ4n) is 8.89. The average Bonchev–Trinajstić information content (AvgIpc) is 3.64. The number of ether oxygens (including phenoxy) is 4. The number of likely N-dealkylation sites (tertiary alicyclic amines) is 1. The Hall–Kier alpha value is -6.72. The van der Waals surface area contributed by atoms with Gasteiger partial charge in [0.15, 0.2) is 22.3 Å². The van der Waals surface area contributed by atoms with E-state index < -0.39 is 57.3 Å². The summed E-state index contributed by atoms with van der Waals surface area (Å²) < 4.78 is 49.2. The number of para-hydroxylation sites is 1. The molecular formula is C52H64ClN9O12S. The molecule has 0 radical (unpaired) electrons. The summed E-state index contributed by atoms with van der Waals surface area (Å²) in [4.78, 5) is 87.7. The molecule has 1 atom stereocenters. The van der Waals surface area contributed by atoms with E-state index in [1.165, 1.54) is 30.0 Å². The van der Waals surface area contributed by atoms with E-state index in [1.807, 2.05) is 19.9 Å². The van der Waals surface area contributed by atoms with Crippen LogP contribution in [0.2, 0.25) is 5.02 Å². The Bertz CT molecular complexity index is 2880. The maximum Gasteiger partial charge on any atom is 0.266 e. The number of nitrogens with zero attached hydrogens (tertiary/aromatic N) is 4. The quantitative estimate of drug-likeness (QED) is 0.0421. The maximum atomic E-state index is 13.2. The first-order chi connectivity index (χ1) is 35.9. The van der Waals surface area contributed by atoms with Crippen LogP contribution in [-0.2, 0) is 38.5 Å². The summed E-state index contributed by atoms with van der Waals surface area (Å²) in [5, 5.41) is 13.7. The van der Waals surface area contributed by atoms with Gasteiger partial charge in [0.2, 0.25) is 23.7 Å². The zero-order valence-electron chi connectivity index (χ0n) is 42.7. The highest BCUT2D eigenvalue weighted by Gasteiger charge is 2.46. The van der Waals surface area contributed by atoms with Gasteiger partial charge in [0, 0.05) is 32.5 Å². The minimum absolute atomic E-state index is 0.00398. The van der Waals surface area contributed by atoms with E-state index >= 15 is 0 Å². The van der Waals surface area contributed by atoms with Crippen molar-refractivity contribution in [1.29, 1.82) is 0 Å². The highest BCUT2D eigenvalue weighted by Crippen LogP contribution is 2.39. The van der Waals surface area contributed by atoms with Crippen LogP contribution in [0.4, 0.5) is 23.1 Å². The number of fused-ring (bicyclic) bond motifs is 1. The molecule has 23 heteroatoms. The number of nitrogens with one attached hydrogen (secondary N) is 5. The minimum Gasteiger partial charge on any atom is -0.489 e. The maximum absolute atomic E-state index is 13.2. The number of rotatable bonds is 25. The number of benzene rings is 3. The number of amides is 6. The largest absolute Gasteiger partial charge is 0.489 e. The molecule has 402 valence electrons. The van der Waals surface area contributed by atoms with Gasteiger partial charge >= 0.3 is 0 Å². The standard InChI is InChI=1S/C52H64ClN9O12S/c1-31(2)74-42-28-36(33(5)27-39(42)58-52-56-29-37(53)48(60-52)57-38-10-6-7-12-43(38)75(69,70)32(3)4)34-15-20-61(21-16-34)22-17-44(63)54-18-23-71-25-26-72-24-19-55-46(65)30-73-41-11-8-9-35-47(41)51(68)62(50(35)67)40-13-14-45(64)59-49(40)66/h6-12,27-29,31-32,34,40H,13-26,30H2,1-5H3,(H,54,63)(H,55,65)(H,59,64,66)(H2,56,57,58,60). The van der Waals surface area contributed by atoms with Gasteiger partial charge in [0.05, 0.1) is 71.4 Å². The second-order valence-corrected chi connectivity index (χ2v) is 21.7. The Kier molecular flexibility index (Phi) is 19.2. The summed E-state index contributed by atoms with van der Waals surface area (Å²) in [6.45, 7) is 12.7. The first-order valence-electron chi connectivity index (χ1n) is 25.0. The second kappa shape index (κ2) is 25.7. The lowest BCUT2D eigenvalue weighted by atomic mass is 9.86. The van der Waals surface area contributed by atoms with E-state index in [9.17, 15) is 37.2 Å². The lowest BCUT2D eigenvalue weighted by molar-refractivity contribution is -0.136. The third kappa shape index (κ3) is 14.4. The number of sulfone groups is 1. The van der Waals surface area contributed by atoms with Gasteiger partial charge in [-0.2, -0.15) is 4.98 Å². The summed E-state index contributed by atoms with van der Waals surface area (Å²) in [6, 6.07) is 14.0. The van der Waals surface area contributed by atoms with Crippen molar-refractivity contribution >= 4 is 80.0 Å². The van der Waals surface area contributed by atoms with E-state index in [0.29, 0.717) is 43.2 Å². The summed E-state index contributed by atoms with van der Waals surface area (Å²) in [5.41, 5.74) is 3.29. The molecule has 0 bridgehead atoms. The molecular weight excluding hydrogens is 1010 g/mol. The first-order valence-corrected chi connectivity index (χ1v) is 26.9. The smallest absolute Gasteiger partial charge is 0.266 e. The Morgan fingerprint density at radius 3 is 2.24 bits per heavy atom. The van der Waals surface area contributed by atoms with Crippen LogP contribution < -0.4 is 36.1 Å². The fourth-order valence-corrected chi connectivity index (χ4v) is 10.2. The van der Waals surface area contributed by atoms with Crippen molar-refractivity contribution in [3.63, 3.8) is 0 Å². The molecule has 2 fully saturated rings. The zero-order chi connectivity index (χ0) is 53.8. The molecule has 21 nitrogen and oxygen atoms in total. The van der Waals surface area contributed by atoms with Gasteiger partial charge < -0.3 is 45.1 Å². The number of halogens is 1. The molecule has 0 spiro atoms. The monoisotopic (exact) mass is 1070 g/mol. The van der Waals surface area contributed by atoms with Crippen molar-refractivity contribution in [2.45, 2.75) is 94.9 Å². The lowest BCUT2D eigenvalue weighted by Gasteiger charge is -2.33. The molecule has 0 aliphatic carbocycles. The highest BCUT2D eigenvalue weighted by molar-refractivity contribution is 7.92. The number of carbonyl (C=O) groups excluding carboxylic acids is 6. The van der Waals surface area contributed by atoms with Crippen LogP contribution in [0.15, 0.2) is 65.7 Å². The number of piperidine rings is 2. The number of anilines is 4. The third-order valence-electron chi connectivity index (χ3n) is 12.8. The van der Waals surface area contributed by atoms with E-state index in [4.69, 9.17) is 30.5 Å². The Morgan fingerprint density at radius 2 is 1.55 bits per heavy atom. The first kappa shape index (κ1) is 56.0. The SMILES string of the molecule is Cc1cc(Nc2ncc(Cl)c(Nc3ccccc3S(=O)(=O)C(C)C)n2)c(OC(C)C)cc1C1CCN(CCC(=O)NCCOCCOCCNC(=O)COc2cccc3c2C(=O)N(C2CCC(=O)NC2=O)C3=O)CC1. The molecule has 1 aromatic heterocycles. The molecule has 3 aliphatic rings. The molecule has 4 aromatic rings. The molecule has 3 aromatic carbocycles. The summed E-state index contributed by atoms with van der Waals surface area (Å²) >= 11 is 6.51. The van der Waals surface area contributed by atoms with E-state index in [0.717, 1.165) is 36.4 Å². The summed E-state index contributed by atoms with van der Waals surface area (Å²) in [7, 11) is -3.60. The Balaban J connectivity index is 0.766. The fraction of sp³-hybridized carbons (Fsp3) is 0.462. The molecule has 3 aliphatic heterocycles. The minimum atomic E-state index is -3.60. The number of aromatic nitrogens is 2. The van der Waals surface area contributed by atoms with E-state index in [1.54, 1.807) is 38.1 Å². The summed E-state index contributed by atoms with van der Waals surface area (Å²) in [5.74, 6) is -1.70. The predicted octanol–water partition coefficient (Wildman–Crippen LogP) is 5.21. The van der Waals surface area contributed by atoms with Crippen LogP contribution in [-0.4, -0.2) is 147 Å². The van der Waals surface area contributed by atoms with Crippen LogP contribution in [0, 0.1) is 6.92 Å². The number of hydrogen-bond acceptors (Lipinski definition) is 17. The van der Waals surface area contributed by atoms with Gasteiger partial charge in [-0.25, -0.2) is 13.4 Å². The molecule has 5 N–H and O–H groups in total. The van der Waals surface area contributed by atoms with Crippen molar-refractivity contribution in [3.8, 4) is 11.5 Å². The van der Waals surface area contributed by atoms with Crippen molar-refractivity contribution in [3.05, 3.63) is 88.1 Å². The second-order valence-electron chi connectivity index (χ2n) is 18.8. The van der Waals surface area contributed by atoms with Crippen LogP contribution in [0.1, 0.15) is 97.6 Å². The summed E-state index contributed by atoms with van der Waals surface area (Å²) in [6.07, 6.45) is 3.53. The predicted molar refractivity (Wildman–Crippen MR) is 279 cm³/mol. The molecule has 6 amide bonds. The topological polar surface area (TPSA) is 266 Å². The number of hydrogen-bond donors (Lipinski definition) is 5. The average molecular weight is 1070 g/mol. The normalized spacial score (nSPS) is 16.3. The van der Waals surface area contributed by atoms with E-state index in [2.05, 4.69) is 54.4 Å². The zero-order valence-corrected chi connectivity index (χ0v) is 44.2. The van der Waals surface area contributed by atoms with Crippen molar-refractivity contribution in [2.24, 2.45) is 0 Å². The molecule has 1 unspecified atom stereocenters. The lowest BCUT2D eigenvalue weighted by Crippen LogP contribution is -2.54. The van der Waals surface area contributed by atoms with Crippen LogP contribution >= 0.6 is 11.6 Å².